The average Bonchev–Trinajstić information content (AvgIpc) is 2.71. The summed E-state index contributed by atoms with van der Waals surface area (Å²) in [4.78, 5) is 0. The van der Waals surface area contributed by atoms with E-state index in [0.717, 1.165) is 16.8 Å². The largest absolute Gasteiger partial charge is 0.313 e. The summed E-state index contributed by atoms with van der Waals surface area (Å²) in [5.41, 5.74) is 2.99. The first-order valence-corrected chi connectivity index (χ1v) is 6.50. The summed E-state index contributed by atoms with van der Waals surface area (Å²) in [6, 6.07) is 4.51. The molecule has 19 heavy (non-hydrogen) atoms. The van der Waals surface area contributed by atoms with Gasteiger partial charge in [0.2, 0.25) is 0 Å². The van der Waals surface area contributed by atoms with E-state index in [9.17, 15) is 4.39 Å². The van der Waals surface area contributed by atoms with Crippen molar-refractivity contribution < 1.29 is 4.39 Å². The van der Waals surface area contributed by atoms with Crippen molar-refractivity contribution in [2.24, 2.45) is 7.05 Å². The monoisotopic (exact) mass is 281 g/mol. The van der Waals surface area contributed by atoms with Crippen LogP contribution in [0.3, 0.4) is 0 Å². The lowest BCUT2D eigenvalue weighted by atomic mass is 9.99. The molecule has 1 atom stereocenters. The number of nitrogens with zero attached hydrogens (tertiary/aromatic N) is 2. The molecule has 5 heteroatoms. The molecule has 0 radical (unpaired) electrons. The number of likely N-dealkylation sites (N-methyl/N-ethyl adjacent to an activating group) is 1. The number of aromatic nitrogens is 2. The summed E-state index contributed by atoms with van der Waals surface area (Å²) in [6.45, 7) is 2.01. The molecule has 0 aliphatic carbocycles. The summed E-state index contributed by atoms with van der Waals surface area (Å²) in [5.74, 6) is -0.267. The van der Waals surface area contributed by atoms with Crippen molar-refractivity contribution >= 4 is 11.6 Å². The molecule has 1 N–H and O–H groups in total. The highest BCUT2D eigenvalue weighted by molar-refractivity contribution is 6.31. The Morgan fingerprint density at radius 1 is 1.47 bits per heavy atom. The second-order valence-electron chi connectivity index (χ2n) is 4.59. The fraction of sp³-hybridized carbons (Fsp3) is 0.357. The third-order valence-corrected chi connectivity index (χ3v) is 3.80. The van der Waals surface area contributed by atoms with Crippen LogP contribution in [0.1, 0.15) is 22.9 Å². The Kier molecular flexibility index (Phi) is 4.22. The highest BCUT2D eigenvalue weighted by Crippen LogP contribution is 2.25. The van der Waals surface area contributed by atoms with E-state index in [0.29, 0.717) is 11.4 Å². The van der Waals surface area contributed by atoms with Gasteiger partial charge in [0.1, 0.15) is 5.82 Å². The highest BCUT2D eigenvalue weighted by Gasteiger charge is 2.17. The SMILES string of the molecule is CNC(Cc1cc(F)ccc1Cl)c1cnn(C)c1C. The van der Waals surface area contributed by atoms with Gasteiger partial charge in [-0.25, -0.2) is 4.39 Å². The fourth-order valence-electron chi connectivity index (χ4n) is 2.14. The Labute approximate surface area is 117 Å². The predicted molar refractivity (Wildman–Crippen MR) is 74.9 cm³/mol. The topological polar surface area (TPSA) is 29.9 Å². The van der Waals surface area contributed by atoms with Crippen LogP contribution in [0, 0.1) is 12.7 Å². The number of halogens is 2. The zero-order valence-electron chi connectivity index (χ0n) is 11.2. The molecule has 0 saturated heterocycles. The second kappa shape index (κ2) is 5.72. The molecular weight excluding hydrogens is 265 g/mol. The van der Waals surface area contributed by atoms with E-state index in [2.05, 4.69) is 10.4 Å². The molecule has 0 aliphatic rings. The van der Waals surface area contributed by atoms with Crippen molar-refractivity contribution in [3.63, 3.8) is 0 Å². The lowest BCUT2D eigenvalue weighted by Gasteiger charge is -2.17. The molecule has 1 aromatic heterocycles. The van der Waals surface area contributed by atoms with Gasteiger partial charge in [0.15, 0.2) is 0 Å². The summed E-state index contributed by atoms with van der Waals surface area (Å²) < 4.78 is 15.1. The predicted octanol–water partition coefficient (Wildman–Crippen LogP) is 3.02. The minimum atomic E-state index is -0.267. The summed E-state index contributed by atoms with van der Waals surface area (Å²) in [7, 11) is 3.78. The number of hydrogen-bond acceptors (Lipinski definition) is 2. The molecule has 0 saturated carbocycles. The molecule has 1 aromatic carbocycles. The fourth-order valence-corrected chi connectivity index (χ4v) is 2.34. The van der Waals surface area contributed by atoms with Gasteiger partial charge in [-0.05, 0) is 44.2 Å². The molecule has 0 spiro atoms. The van der Waals surface area contributed by atoms with E-state index in [1.807, 2.05) is 31.9 Å². The summed E-state index contributed by atoms with van der Waals surface area (Å²) in [6.07, 6.45) is 2.46. The van der Waals surface area contributed by atoms with Crippen LogP contribution in [-0.4, -0.2) is 16.8 Å². The second-order valence-corrected chi connectivity index (χ2v) is 5.00. The summed E-state index contributed by atoms with van der Waals surface area (Å²) >= 11 is 6.11. The minimum Gasteiger partial charge on any atom is -0.313 e. The average molecular weight is 282 g/mol. The van der Waals surface area contributed by atoms with Crippen molar-refractivity contribution in [1.29, 1.82) is 0 Å². The van der Waals surface area contributed by atoms with Gasteiger partial charge in [0.25, 0.3) is 0 Å². The molecule has 0 aliphatic heterocycles. The number of nitrogens with one attached hydrogen (secondary N) is 1. The molecule has 0 amide bonds. The Balaban J connectivity index is 2.29. The molecule has 3 nitrogen and oxygen atoms in total. The van der Waals surface area contributed by atoms with Gasteiger partial charge in [-0.15, -0.1) is 0 Å². The summed E-state index contributed by atoms with van der Waals surface area (Å²) in [5, 5.41) is 8.06. The van der Waals surface area contributed by atoms with E-state index < -0.39 is 0 Å². The first-order chi connectivity index (χ1) is 9.02. The first-order valence-electron chi connectivity index (χ1n) is 6.12. The van der Waals surface area contributed by atoms with E-state index in [1.165, 1.54) is 12.1 Å². The number of rotatable bonds is 4. The van der Waals surface area contributed by atoms with Gasteiger partial charge >= 0.3 is 0 Å². The van der Waals surface area contributed by atoms with E-state index in [-0.39, 0.29) is 11.9 Å². The molecule has 2 rings (SSSR count). The van der Waals surface area contributed by atoms with Crippen LogP contribution < -0.4 is 5.32 Å². The Morgan fingerprint density at radius 3 is 2.79 bits per heavy atom. The molecule has 102 valence electrons. The maximum Gasteiger partial charge on any atom is 0.123 e. The highest BCUT2D eigenvalue weighted by atomic mass is 35.5. The molecule has 0 fully saturated rings. The number of aryl methyl sites for hydroxylation is 1. The smallest absolute Gasteiger partial charge is 0.123 e. The van der Waals surface area contributed by atoms with Crippen LogP contribution in [0.2, 0.25) is 5.02 Å². The molecule has 1 unspecified atom stereocenters. The lowest BCUT2D eigenvalue weighted by molar-refractivity contribution is 0.580. The van der Waals surface area contributed by atoms with Crippen LogP contribution in [0.5, 0.6) is 0 Å². The van der Waals surface area contributed by atoms with Crippen molar-refractivity contribution in [3.05, 3.63) is 52.1 Å². The lowest BCUT2D eigenvalue weighted by Crippen LogP contribution is -2.19. The quantitative estimate of drug-likeness (QED) is 0.934. The van der Waals surface area contributed by atoms with Crippen LogP contribution in [0.4, 0.5) is 4.39 Å². The molecule has 1 heterocycles. The maximum atomic E-state index is 13.3. The van der Waals surface area contributed by atoms with Crippen molar-refractivity contribution in [2.75, 3.05) is 7.05 Å². The van der Waals surface area contributed by atoms with Crippen molar-refractivity contribution in [2.45, 2.75) is 19.4 Å². The third kappa shape index (κ3) is 2.96. The molecular formula is C14H17ClFN3. The zero-order chi connectivity index (χ0) is 14.0. The normalized spacial score (nSPS) is 12.7. The van der Waals surface area contributed by atoms with Gasteiger partial charge in [-0.2, -0.15) is 5.10 Å². The zero-order valence-corrected chi connectivity index (χ0v) is 12.0. The Morgan fingerprint density at radius 2 is 2.21 bits per heavy atom. The van der Waals surface area contributed by atoms with Gasteiger partial charge in [0, 0.05) is 29.4 Å². The van der Waals surface area contributed by atoms with Gasteiger partial charge in [0.05, 0.1) is 6.20 Å². The molecule has 0 bridgehead atoms. The van der Waals surface area contributed by atoms with E-state index >= 15 is 0 Å². The van der Waals surface area contributed by atoms with E-state index in [4.69, 9.17) is 11.6 Å². The van der Waals surface area contributed by atoms with E-state index in [1.54, 1.807) is 6.07 Å². The van der Waals surface area contributed by atoms with Gasteiger partial charge < -0.3 is 5.32 Å². The third-order valence-electron chi connectivity index (χ3n) is 3.43. The Hall–Kier alpha value is -1.39. The van der Waals surface area contributed by atoms with Crippen LogP contribution in [-0.2, 0) is 13.5 Å². The molecule has 2 aromatic rings. The van der Waals surface area contributed by atoms with Crippen LogP contribution in [0.15, 0.2) is 24.4 Å². The number of benzene rings is 1. The van der Waals surface area contributed by atoms with Gasteiger partial charge in [-0.3, -0.25) is 4.68 Å². The van der Waals surface area contributed by atoms with Crippen LogP contribution in [0.25, 0.3) is 0 Å². The van der Waals surface area contributed by atoms with Crippen molar-refractivity contribution in [3.8, 4) is 0 Å². The number of hydrogen-bond donors (Lipinski definition) is 1. The van der Waals surface area contributed by atoms with Crippen molar-refractivity contribution in [1.82, 2.24) is 15.1 Å². The first kappa shape index (κ1) is 14.0. The standard InChI is InChI=1S/C14H17ClFN3/c1-9-12(8-18-19(9)3)14(17-2)7-10-6-11(16)4-5-13(10)15/h4-6,8,14,17H,7H2,1-3H3. The minimum absolute atomic E-state index is 0.0630. The Bertz CT molecular complexity index is 580. The van der Waals surface area contributed by atoms with Gasteiger partial charge in [-0.1, -0.05) is 11.6 Å². The maximum absolute atomic E-state index is 13.3. The van der Waals surface area contributed by atoms with Crippen LogP contribution >= 0.6 is 11.6 Å².